The van der Waals surface area contributed by atoms with E-state index in [1.54, 1.807) is 16.8 Å². The number of aromatic amines is 1. The van der Waals surface area contributed by atoms with Crippen molar-refractivity contribution in [3.05, 3.63) is 40.3 Å². The van der Waals surface area contributed by atoms with Crippen LogP contribution in [0.25, 0.3) is 16.6 Å². The Labute approximate surface area is 88.4 Å². The summed E-state index contributed by atoms with van der Waals surface area (Å²) in [7, 11) is 0. The molecule has 5 nitrogen and oxygen atoms in total. The van der Waals surface area contributed by atoms with E-state index in [0.29, 0.717) is 16.2 Å². The highest BCUT2D eigenvalue weighted by Gasteiger charge is 2.05. The number of halogens is 1. The minimum Gasteiger partial charge on any atom is -0.318 e. The molecule has 0 aliphatic heterocycles. The van der Waals surface area contributed by atoms with Gasteiger partial charge in [-0.15, -0.1) is 0 Å². The number of rotatable bonds is 0. The zero-order valence-electron chi connectivity index (χ0n) is 7.44. The van der Waals surface area contributed by atoms with Crippen molar-refractivity contribution >= 4 is 28.2 Å². The van der Waals surface area contributed by atoms with E-state index in [1.165, 1.54) is 12.4 Å². The Hall–Kier alpha value is -1.88. The lowest BCUT2D eigenvalue weighted by Gasteiger charge is -2.00. The normalized spacial score (nSPS) is 11.3. The number of pyridine rings is 1. The molecule has 0 saturated carbocycles. The van der Waals surface area contributed by atoms with Crippen LogP contribution in [-0.4, -0.2) is 19.4 Å². The molecule has 6 heteroatoms. The molecule has 3 aromatic heterocycles. The van der Waals surface area contributed by atoms with Gasteiger partial charge in [0.15, 0.2) is 0 Å². The molecule has 0 atom stereocenters. The highest BCUT2D eigenvalue weighted by Crippen LogP contribution is 2.14. The minimum atomic E-state index is -0.191. The number of aromatic nitrogens is 4. The van der Waals surface area contributed by atoms with Gasteiger partial charge in [0.25, 0.3) is 5.56 Å². The van der Waals surface area contributed by atoms with E-state index in [-0.39, 0.29) is 5.56 Å². The molecule has 1 N–H and O–H groups in total. The maximum Gasteiger partial charge on any atom is 0.274 e. The van der Waals surface area contributed by atoms with E-state index in [0.717, 1.165) is 5.52 Å². The molecule has 0 bridgehead atoms. The smallest absolute Gasteiger partial charge is 0.274 e. The molecule has 0 amide bonds. The molecule has 74 valence electrons. The van der Waals surface area contributed by atoms with Crippen molar-refractivity contribution in [2.45, 2.75) is 0 Å². The number of hydrogen-bond acceptors (Lipinski definition) is 3. The molecular weight excluding hydrogens is 216 g/mol. The van der Waals surface area contributed by atoms with Crippen molar-refractivity contribution in [3.63, 3.8) is 0 Å². The van der Waals surface area contributed by atoms with E-state index < -0.39 is 0 Å². The van der Waals surface area contributed by atoms with E-state index in [4.69, 9.17) is 11.6 Å². The quantitative estimate of drug-likeness (QED) is 0.580. The third-order valence-corrected chi connectivity index (χ3v) is 2.43. The first-order valence-corrected chi connectivity index (χ1v) is 4.63. The van der Waals surface area contributed by atoms with Crippen LogP contribution < -0.4 is 5.56 Å². The van der Waals surface area contributed by atoms with Gasteiger partial charge >= 0.3 is 0 Å². The number of H-pyrrole nitrogens is 1. The Balaban J connectivity index is 2.67. The van der Waals surface area contributed by atoms with Crippen LogP contribution in [0.3, 0.4) is 0 Å². The average molecular weight is 221 g/mol. The van der Waals surface area contributed by atoms with E-state index in [1.807, 2.05) is 0 Å². The standard InChI is InChI=1S/C9H5ClN4O/c10-8-1-6-5(2-12-8)13-9(15)7-3-11-4-14(6)7/h1-4H,(H,13,15). The highest BCUT2D eigenvalue weighted by molar-refractivity contribution is 6.29. The van der Waals surface area contributed by atoms with Crippen molar-refractivity contribution in [3.8, 4) is 0 Å². The van der Waals surface area contributed by atoms with Gasteiger partial charge in [-0.3, -0.25) is 9.20 Å². The van der Waals surface area contributed by atoms with Crippen LogP contribution in [0.15, 0.2) is 29.6 Å². The summed E-state index contributed by atoms with van der Waals surface area (Å²) in [6.07, 6.45) is 4.61. The van der Waals surface area contributed by atoms with Gasteiger partial charge < -0.3 is 4.98 Å². The summed E-state index contributed by atoms with van der Waals surface area (Å²) in [6.45, 7) is 0. The molecule has 15 heavy (non-hydrogen) atoms. The maximum atomic E-state index is 11.6. The van der Waals surface area contributed by atoms with Crippen molar-refractivity contribution in [2.24, 2.45) is 0 Å². The monoisotopic (exact) mass is 220 g/mol. The summed E-state index contributed by atoms with van der Waals surface area (Å²) < 4.78 is 1.68. The van der Waals surface area contributed by atoms with Crippen molar-refractivity contribution in [1.82, 2.24) is 19.4 Å². The number of fused-ring (bicyclic) bond motifs is 3. The first-order chi connectivity index (χ1) is 7.25. The SMILES string of the molecule is O=c1[nH]c2cnc(Cl)cc2n2cncc12. The molecule has 0 radical (unpaired) electrons. The molecule has 0 fully saturated rings. The van der Waals surface area contributed by atoms with E-state index >= 15 is 0 Å². The lowest BCUT2D eigenvalue weighted by atomic mass is 10.4. The number of hydrogen-bond donors (Lipinski definition) is 1. The summed E-state index contributed by atoms with van der Waals surface area (Å²) in [5.74, 6) is 0. The molecule has 3 rings (SSSR count). The molecule has 0 saturated heterocycles. The first-order valence-electron chi connectivity index (χ1n) is 4.25. The van der Waals surface area contributed by atoms with E-state index in [2.05, 4.69) is 15.0 Å². The van der Waals surface area contributed by atoms with Gasteiger partial charge in [-0.25, -0.2) is 9.97 Å². The first kappa shape index (κ1) is 8.43. The summed E-state index contributed by atoms with van der Waals surface area (Å²) in [4.78, 5) is 22.1. The van der Waals surface area contributed by atoms with Crippen molar-refractivity contribution in [1.29, 1.82) is 0 Å². The van der Waals surface area contributed by atoms with Gasteiger partial charge in [-0.1, -0.05) is 11.6 Å². The molecular formula is C9H5ClN4O. The molecule has 0 unspecified atom stereocenters. The highest BCUT2D eigenvalue weighted by atomic mass is 35.5. The zero-order valence-corrected chi connectivity index (χ0v) is 8.19. The molecule has 0 spiro atoms. The Morgan fingerprint density at radius 2 is 2.20 bits per heavy atom. The predicted octanol–water partition coefficient (Wildman–Crippen LogP) is 1.22. The Bertz CT molecular complexity index is 715. The zero-order chi connectivity index (χ0) is 10.4. The van der Waals surface area contributed by atoms with Crippen LogP contribution >= 0.6 is 11.6 Å². The van der Waals surface area contributed by atoms with Crippen LogP contribution in [0, 0.1) is 0 Å². The molecule has 3 heterocycles. The maximum absolute atomic E-state index is 11.6. The van der Waals surface area contributed by atoms with Gasteiger partial charge in [0.2, 0.25) is 0 Å². The van der Waals surface area contributed by atoms with Gasteiger partial charge in [0.05, 0.1) is 29.8 Å². The third-order valence-electron chi connectivity index (χ3n) is 2.23. The average Bonchev–Trinajstić information content (AvgIpc) is 2.69. The number of nitrogens with zero attached hydrogens (tertiary/aromatic N) is 3. The van der Waals surface area contributed by atoms with Gasteiger partial charge in [-0.2, -0.15) is 0 Å². The summed E-state index contributed by atoms with van der Waals surface area (Å²) in [5, 5.41) is 0.379. The van der Waals surface area contributed by atoms with Crippen molar-refractivity contribution < 1.29 is 0 Å². The predicted molar refractivity (Wildman–Crippen MR) is 56.1 cm³/mol. The lowest BCUT2D eigenvalue weighted by Crippen LogP contribution is -2.09. The molecule has 3 aromatic rings. The topological polar surface area (TPSA) is 63.0 Å². The van der Waals surface area contributed by atoms with Crippen LogP contribution in [0.5, 0.6) is 0 Å². The van der Waals surface area contributed by atoms with E-state index in [9.17, 15) is 4.79 Å². The molecule has 0 aliphatic rings. The summed E-state index contributed by atoms with van der Waals surface area (Å²) >= 11 is 5.79. The fourth-order valence-electron chi connectivity index (χ4n) is 1.56. The second kappa shape index (κ2) is 2.80. The second-order valence-electron chi connectivity index (χ2n) is 3.13. The third kappa shape index (κ3) is 1.13. The van der Waals surface area contributed by atoms with Gasteiger partial charge in [-0.05, 0) is 0 Å². The number of nitrogens with one attached hydrogen (secondary N) is 1. The molecule has 0 aromatic carbocycles. The minimum absolute atomic E-state index is 0.191. The van der Waals surface area contributed by atoms with Crippen molar-refractivity contribution in [2.75, 3.05) is 0 Å². The lowest BCUT2D eigenvalue weighted by molar-refractivity contribution is 1.15. The Kier molecular flexibility index (Phi) is 1.58. The Morgan fingerprint density at radius 3 is 3.07 bits per heavy atom. The fourth-order valence-corrected chi connectivity index (χ4v) is 1.71. The fraction of sp³-hybridized carbons (Fsp3) is 0. The largest absolute Gasteiger partial charge is 0.318 e. The van der Waals surface area contributed by atoms with Gasteiger partial charge in [0, 0.05) is 6.07 Å². The molecule has 0 aliphatic carbocycles. The van der Waals surface area contributed by atoms with Crippen LogP contribution in [0.2, 0.25) is 5.15 Å². The Morgan fingerprint density at radius 1 is 1.33 bits per heavy atom. The number of imidazole rings is 1. The van der Waals surface area contributed by atoms with Gasteiger partial charge in [0.1, 0.15) is 10.7 Å². The second-order valence-corrected chi connectivity index (χ2v) is 3.51. The van der Waals surface area contributed by atoms with Crippen LogP contribution in [0.4, 0.5) is 0 Å². The summed E-state index contributed by atoms with van der Waals surface area (Å²) in [5.41, 5.74) is 1.71. The summed E-state index contributed by atoms with van der Waals surface area (Å²) in [6, 6.07) is 1.68. The van der Waals surface area contributed by atoms with Crippen LogP contribution in [0.1, 0.15) is 0 Å². The van der Waals surface area contributed by atoms with Crippen LogP contribution in [-0.2, 0) is 0 Å².